The van der Waals surface area contributed by atoms with Gasteiger partial charge in [-0.25, -0.2) is 8.42 Å². The standard InChI is InChI=1S/C28H32N2O4S/c1-20-8-3-4-11-26(20)35(32,33)29-16-5-6-17-30-25(19-29)27(28(30)31)22-14-12-21(13-15-22)23-9-7-10-24(18-23)34-2/h3-4,7-15,18,25,27-28,31H,5-6,16-17,19H2,1-2H3/t25-,27-,28+/m0/s1. The molecule has 2 heterocycles. The number of benzene rings is 3. The molecule has 0 bridgehead atoms. The minimum atomic E-state index is -3.61. The van der Waals surface area contributed by atoms with E-state index < -0.39 is 16.3 Å². The van der Waals surface area contributed by atoms with Gasteiger partial charge in [-0.3, -0.25) is 4.90 Å². The number of fused-ring (bicyclic) bond motifs is 1. The number of aliphatic hydroxyl groups is 1. The van der Waals surface area contributed by atoms with Crippen LogP contribution in [-0.2, 0) is 10.0 Å². The molecule has 0 saturated carbocycles. The molecular weight excluding hydrogens is 460 g/mol. The summed E-state index contributed by atoms with van der Waals surface area (Å²) in [5.41, 5.74) is 3.91. The van der Waals surface area contributed by atoms with Gasteiger partial charge in [0.2, 0.25) is 10.0 Å². The zero-order chi connectivity index (χ0) is 24.6. The summed E-state index contributed by atoms with van der Waals surface area (Å²) in [7, 11) is -1.96. The number of aryl methyl sites for hydroxylation is 1. The number of nitrogens with zero attached hydrogens (tertiary/aromatic N) is 2. The zero-order valence-electron chi connectivity index (χ0n) is 20.2. The van der Waals surface area contributed by atoms with Crippen molar-refractivity contribution in [3.8, 4) is 16.9 Å². The lowest BCUT2D eigenvalue weighted by molar-refractivity contribution is -0.148. The van der Waals surface area contributed by atoms with E-state index in [9.17, 15) is 13.5 Å². The monoisotopic (exact) mass is 492 g/mol. The number of hydrogen-bond donors (Lipinski definition) is 1. The van der Waals surface area contributed by atoms with Gasteiger partial charge in [-0.15, -0.1) is 0 Å². The third-order valence-corrected chi connectivity index (χ3v) is 9.40. The lowest BCUT2D eigenvalue weighted by Crippen LogP contribution is -2.66. The summed E-state index contributed by atoms with van der Waals surface area (Å²) >= 11 is 0. The van der Waals surface area contributed by atoms with E-state index in [0.29, 0.717) is 18.0 Å². The fourth-order valence-electron chi connectivity index (χ4n) is 5.40. The highest BCUT2D eigenvalue weighted by atomic mass is 32.2. The molecule has 6 nitrogen and oxygen atoms in total. The SMILES string of the molecule is COc1cccc(-c2ccc([C@@H]3[C@@H](O)N4CCCCN(S(=O)(=O)c5ccccc5C)C[C@@H]34)cc2)c1. The maximum Gasteiger partial charge on any atom is 0.243 e. The van der Waals surface area contributed by atoms with Crippen molar-refractivity contribution >= 4 is 10.0 Å². The Labute approximate surface area is 207 Å². The molecule has 2 fully saturated rings. The maximum atomic E-state index is 13.6. The smallest absolute Gasteiger partial charge is 0.243 e. The predicted molar refractivity (Wildman–Crippen MR) is 137 cm³/mol. The molecule has 0 aliphatic carbocycles. The molecule has 0 aromatic heterocycles. The molecule has 2 aliphatic rings. The highest BCUT2D eigenvalue weighted by molar-refractivity contribution is 7.89. The third-order valence-electron chi connectivity index (χ3n) is 7.38. The molecule has 0 spiro atoms. The van der Waals surface area contributed by atoms with Crippen LogP contribution in [0.5, 0.6) is 5.75 Å². The fraction of sp³-hybridized carbons (Fsp3) is 0.357. The van der Waals surface area contributed by atoms with Gasteiger partial charge in [0, 0.05) is 31.6 Å². The quantitative estimate of drug-likeness (QED) is 0.577. The Balaban J connectivity index is 1.40. The van der Waals surface area contributed by atoms with E-state index in [4.69, 9.17) is 4.74 Å². The first kappa shape index (κ1) is 24.0. The Morgan fingerprint density at radius 1 is 0.914 bits per heavy atom. The van der Waals surface area contributed by atoms with E-state index in [1.807, 2.05) is 43.3 Å². The van der Waals surface area contributed by atoms with Gasteiger partial charge in [-0.1, -0.05) is 54.6 Å². The first-order valence-electron chi connectivity index (χ1n) is 12.1. The van der Waals surface area contributed by atoms with Crippen molar-refractivity contribution < 1.29 is 18.3 Å². The van der Waals surface area contributed by atoms with E-state index in [1.165, 1.54) is 0 Å². The molecule has 2 saturated heterocycles. The molecule has 35 heavy (non-hydrogen) atoms. The predicted octanol–water partition coefficient (Wildman–Crippen LogP) is 4.24. The van der Waals surface area contributed by atoms with Crippen molar-refractivity contribution in [3.63, 3.8) is 0 Å². The topological polar surface area (TPSA) is 70.1 Å². The lowest BCUT2D eigenvalue weighted by Gasteiger charge is -2.55. The summed E-state index contributed by atoms with van der Waals surface area (Å²) in [5.74, 6) is 0.670. The number of rotatable bonds is 5. The first-order chi connectivity index (χ1) is 16.9. The number of aliphatic hydroxyl groups excluding tert-OH is 1. The molecule has 3 atom stereocenters. The van der Waals surface area contributed by atoms with Gasteiger partial charge in [0.05, 0.1) is 12.0 Å². The van der Waals surface area contributed by atoms with Crippen LogP contribution in [0.1, 0.15) is 29.9 Å². The average Bonchev–Trinajstić information content (AvgIpc) is 2.86. The van der Waals surface area contributed by atoms with Crippen molar-refractivity contribution in [2.75, 3.05) is 26.7 Å². The Bertz CT molecular complexity index is 1290. The van der Waals surface area contributed by atoms with Crippen LogP contribution < -0.4 is 4.74 Å². The van der Waals surface area contributed by atoms with Crippen LogP contribution in [0.25, 0.3) is 11.1 Å². The molecule has 2 aliphatic heterocycles. The van der Waals surface area contributed by atoms with Gasteiger partial charge in [-0.05, 0) is 60.2 Å². The molecular formula is C28H32N2O4S. The second-order valence-electron chi connectivity index (χ2n) is 9.43. The Morgan fingerprint density at radius 3 is 2.40 bits per heavy atom. The van der Waals surface area contributed by atoms with E-state index in [0.717, 1.165) is 47.4 Å². The number of ether oxygens (including phenoxy) is 1. The van der Waals surface area contributed by atoms with E-state index in [1.54, 1.807) is 23.5 Å². The van der Waals surface area contributed by atoms with E-state index >= 15 is 0 Å². The van der Waals surface area contributed by atoms with E-state index in [-0.39, 0.29) is 12.0 Å². The van der Waals surface area contributed by atoms with Crippen molar-refractivity contribution in [2.24, 2.45) is 0 Å². The Kier molecular flexibility index (Phi) is 6.68. The van der Waals surface area contributed by atoms with Crippen molar-refractivity contribution in [1.82, 2.24) is 9.21 Å². The van der Waals surface area contributed by atoms with E-state index in [2.05, 4.69) is 29.2 Å². The van der Waals surface area contributed by atoms with Crippen LogP contribution in [0.2, 0.25) is 0 Å². The van der Waals surface area contributed by atoms with Gasteiger partial charge >= 0.3 is 0 Å². The summed E-state index contributed by atoms with van der Waals surface area (Å²) in [5, 5.41) is 11.0. The second-order valence-corrected chi connectivity index (χ2v) is 11.3. The van der Waals surface area contributed by atoms with Crippen LogP contribution in [0, 0.1) is 6.92 Å². The lowest BCUT2D eigenvalue weighted by atomic mass is 9.79. The molecule has 3 aromatic rings. The van der Waals surface area contributed by atoms with Gasteiger partial charge in [-0.2, -0.15) is 4.31 Å². The fourth-order valence-corrected chi connectivity index (χ4v) is 7.12. The summed E-state index contributed by atoms with van der Waals surface area (Å²) in [6.45, 7) is 3.49. The molecule has 184 valence electrons. The summed E-state index contributed by atoms with van der Waals surface area (Å²) in [6.07, 6.45) is 1.03. The zero-order valence-corrected chi connectivity index (χ0v) is 21.0. The van der Waals surface area contributed by atoms with Gasteiger partial charge in [0.1, 0.15) is 12.0 Å². The van der Waals surface area contributed by atoms with Gasteiger partial charge < -0.3 is 9.84 Å². The minimum absolute atomic E-state index is 0.0632. The summed E-state index contributed by atoms with van der Waals surface area (Å²) in [4.78, 5) is 2.42. The molecule has 3 aromatic carbocycles. The summed E-state index contributed by atoms with van der Waals surface area (Å²) < 4.78 is 34.1. The maximum absolute atomic E-state index is 13.6. The van der Waals surface area contributed by atoms with Crippen LogP contribution >= 0.6 is 0 Å². The van der Waals surface area contributed by atoms with Crippen LogP contribution in [0.4, 0.5) is 0 Å². The first-order valence-corrected chi connectivity index (χ1v) is 13.6. The number of methoxy groups -OCH3 is 1. The van der Waals surface area contributed by atoms with Crippen molar-refractivity contribution in [1.29, 1.82) is 0 Å². The normalized spacial score (nSPS) is 23.6. The molecule has 7 heteroatoms. The molecule has 0 unspecified atom stereocenters. The minimum Gasteiger partial charge on any atom is -0.497 e. The summed E-state index contributed by atoms with van der Waals surface area (Å²) in [6, 6.07) is 23.2. The highest BCUT2D eigenvalue weighted by Crippen LogP contribution is 2.42. The molecule has 0 amide bonds. The van der Waals surface area contributed by atoms with Crippen LogP contribution in [0.15, 0.2) is 77.7 Å². The Hall–Kier alpha value is -2.71. The van der Waals surface area contributed by atoms with Gasteiger partial charge in [0.25, 0.3) is 0 Å². The Morgan fingerprint density at radius 2 is 1.66 bits per heavy atom. The molecule has 5 rings (SSSR count). The van der Waals surface area contributed by atoms with Crippen LogP contribution in [-0.4, -0.2) is 61.7 Å². The van der Waals surface area contributed by atoms with Crippen molar-refractivity contribution in [2.45, 2.75) is 42.8 Å². The second kappa shape index (κ2) is 9.74. The number of hydrogen-bond acceptors (Lipinski definition) is 5. The van der Waals surface area contributed by atoms with Gasteiger partial charge in [0.15, 0.2) is 0 Å². The van der Waals surface area contributed by atoms with Crippen molar-refractivity contribution in [3.05, 3.63) is 83.9 Å². The third kappa shape index (κ3) is 4.49. The van der Waals surface area contributed by atoms with Crippen LogP contribution in [0.3, 0.4) is 0 Å². The number of sulfonamides is 1. The molecule has 1 N–H and O–H groups in total. The molecule has 0 radical (unpaired) electrons. The average molecular weight is 493 g/mol. The highest BCUT2D eigenvalue weighted by Gasteiger charge is 2.50. The largest absolute Gasteiger partial charge is 0.497 e.